The number of benzene rings is 3. The number of ether oxygens (including phenoxy) is 1. The second-order valence-electron chi connectivity index (χ2n) is 8.11. The van der Waals surface area contributed by atoms with Gasteiger partial charge in [0, 0.05) is 10.9 Å². The lowest BCUT2D eigenvalue weighted by molar-refractivity contribution is 0.103. The van der Waals surface area contributed by atoms with Crippen molar-refractivity contribution in [2.45, 2.75) is 6.92 Å². The molecule has 2 aromatic heterocycles. The highest BCUT2D eigenvalue weighted by molar-refractivity contribution is 7.21. The molecule has 5 nitrogen and oxygen atoms in total. The number of aromatic nitrogens is 1. The lowest BCUT2D eigenvalue weighted by Crippen LogP contribution is -2.12. The number of aryl methyl sites for hydroxylation is 1. The normalized spacial score (nSPS) is 10.9. The lowest BCUT2D eigenvalue weighted by atomic mass is 9.98. The molecule has 0 radical (unpaired) electrons. The Bertz CT molecular complexity index is 1540. The lowest BCUT2D eigenvalue weighted by Gasteiger charge is -2.10. The summed E-state index contributed by atoms with van der Waals surface area (Å²) in [7, 11) is 1.64. The smallest absolute Gasteiger partial charge is 0.267 e. The summed E-state index contributed by atoms with van der Waals surface area (Å²) in [6, 6.07) is 25.1. The van der Waals surface area contributed by atoms with Gasteiger partial charge in [-0.05, 0) is 60.5 Å². The summed E-state index contributed by atoms with van der Waals surface area (Å²) in [5, 5.41) is 4.10. The minimum absolute atomic E-state index is 0.320. The van der Waals surface area contributed by atoms with Crippen LogP contribution in [0.5, 0.6) is 5.75 Å². The van der Waals surface area contributed by atoms with Crippen molar-refractivity contribution in [3.63, 3.8) is 0 Å². The summed E-state index contributed by atoms with van der Waals surface area (Å²) in [6.07, 6.45) is 0. The zero-order chi connectivity index (χ0) is 24.5. The molecule has 5 aromatic rings. The molecule has 35 heavy (non-hydrogen) atoms. The van der Waals surface area contributed by atoms with Crippen molar-refractivity contribution in [2.24, 2.45) is 0 Å². The van der Waals surface area contributed by atoms with Crippen molar-refractivity contribution in [3.05, 3.63) is 94.3 Å². The summed E-state index contributed by atoms with van der Waals surface area (Å²) in [4.78, 5) is 19.2. The van der Waals surface area contributed by atoms with Crippen LogP contribution in [0, 0.1) is 6.92 Å². The largest absolute Gasteiger partial charge is 0.497 e. The van der Waals surface area contributed by atoms with Crippen LogP contribution in [0.25, 0.3) is 32.6 Å². The molecule has 0 aliphatic heterocycles. The molecule has 5 rings (SSSR count). The quantitative estimate of drug-likeness (QED) is 0.263. The third-order valence-electron chi connectivity index (χ3n) is 5.78. The van der Waals surface area contributed by atoms with E-state index in [1.165, 1.54) is 11.3 Å². The Balaban J connectivity index is 1.67. The van der Waals surface area contributed by atoms with Gasteiger partial charge in [-0.1, -0.05) is 53.6 Å². The van der Waals surface area contributed by atoms with Gasteiger partial charge in [-0.15, -0.1) is 11.3 Å². The first kappa shape index (κ1) is 22.9. The Kier molecular flexibility index (Phi) is 6.16. The highest BCUT2D eigenvalue weighted by Crippen LogP contribution is 2.42. The minimum atomic E-state index is -0.320. The maximum atomic E-state index is 13.2. The average Bonchev–Trinajstić information content (AvgIpc) is 3.22. The second kappa shape index (κ2) is 9.41. The number of halogens is 1. The van der Waals surface area contributed by atoms with Crippen molar-refractivity contribution in [2.75, 3.05) is 18.2 Å². The van der Waals surface area contributed by atoms with Gasteiger partial charge in [0.15, 0.2) is 0 Å². The number of anilines is 2. The van der Waals surface area contributed by atoms with E-state index in [4.69, 9.17) is 27.1 Å². The van der Waals surface area contributed by atoms with Gasteiger partial charge < -0.3 is 15.8 Å². The zero-order valence-corrected chi connectivity index (χ0v) is 20.7. The molecule has 0 saturated carbocycles. The number of fused-ring (bicyclic) bond motifs is 1. The van der Waals surface area contributed by atoms with Gasteiger partial charge in [-0.25, -0.2) is 4.98 Å². The molecular weight excluding hydrogens is 478 g/mol. The number of hydrogen-bond acceptors (Lipinski definition) is 5. The SMILES string of the molecule is COc1ccc(-c2cc(-c3ccc(C)cc3)c3c(N)c(C(=O)Nc4ccccc4Cl)sc3n2)cc1. The first-order chi connectivity index (χ1) is 16.9. The molecule has 174 valence electrons. The van der Waals surface area contributed by atoms with Crippen LogP contribution in [0.4, 0.5) is 11.4 Å². The number of carbonyl (C=O) groups excluding carboxylic acids is 1. The summed E-state index contributed by atoms with van der Waals surface area (Å²) >= 11 is 7.51. The summed E-state index contributed by atoms with van der Waals surface area (Å²) in [5.74, 6) is 0.451. The number of para-hydroxylation sites is 1. The minimum Gasteiger partial charge on any atom is -0.497 e. The van der Waals surface area contributed by atoms with E-state index in [0.717, 1.165) is 39.1 Å². The maximum absolute atomic E-state index is 13.2. The van der Waals surface area contributed by atoms with Crippen molar-refractivity contribution in [3.8, 4) is 28.1 Å². The summed E-state index contributed by atoms with van der Waals surface area (Å²) in [5.41, 5.74) is 12.3. The molecule has 0 bridgehead atoms. The molecule has 3 N–H and O–H groups in total. The predicted octanol–water partition coefficient (Wildman–Crippen LogP) is 7.44. The number of rotatable bonds is 5. The van der Waals surface area contributed by atoms with E-state index < -0.39 is 0 Å². The summed E-state index contributed by atoms with van der Waals surface area (Å²) in [6.45, 7) is 2.05. The van der Waals surface area contributed by atoms with Crippen molar-refractivity contribution in [1.82, 2.24) is 4.98 Å². The molecule has 7 heteroatoms. The number of hydrogen-bond donors (Lipinski definition) is 2. The van der Waals surface area contributed by atoms with Gasteiger partial charge >= 0.3 is 0 Å². The van der Waals surface area contributed by atoms with Crippen molar-refractivity contribution >= 4 is 50.4 Å². The number of methoxy groups -OCH3 is 1. The molecule has 1 amide bonds. The number of amides is 1. The van der Waals surface area contributed by atoms with E-state index in [1.54, 1.807) is 19.2 Å². The first-order valence-corrected chi connectivity index (χ1v) is 12.1. The van der Waals surface area contributed by atoms with Crippen molar-refractivity contribution < 1.29 is 9.53 Å². The zero-order valence-electron chi connectivity index (χ0n) is 19.1. The van der Waals surface area contributed by atoms with E-state index in [-0.39, 0.29) is 5.91 Å². The predicted molar refractivity (Wildman–Crippen MR) is 146 cm³/mol. The maximum Gasteiger partial charge on any atom is 0.267 e. The molecule has 0 fully saturated rings. The number of nitrogens with zero attached hydrogens (tertiary/aromatic N) is 1. The highest BCUT2D eigenvalue weighted by Gasteiger charge is 2.22. The highest BCUT2D eigenvalue weighted by atomic mass is 35.5. The van der Waals surface area contributed by atoms with Gasteiger partial charge in [-0.3, -0.25) is 4.79 Å². The second-order valence-corrected chi connectivity index (χ2v) is 9.51. The standard InChI is InChI=1S/C28H22ClN3O2S/c1-16-7-9-17(10-8-16)20-15-23(18-11-13-19(34-2)14-12-18)32-28-24(20)25(30)26(35-28)27(33)31-22-6-4-3-5-21(22)29/h3-15H,30H2,1-2H3,(H,31,33). The van der Waals surface area contributed by atoms with E-state index >= 15 is 0 Å². The molecule has 3 aromatic carbocycles. The molecule has 2 heterocycles. The fourth-order valence-corrected chi connectivity index (χ4v) is 5.10. The van der Waals surface area contributed by atoms with E-state index in [1.807, 2.05) is 49.4 Å². The Morgan fingerprint density at radius 3 is 2.37 bits per heavy atom. The molecule has 0 spiro atoms. The third kappa shape index (κ3) is 4.46. The number of thiophene rings is 1. The topological polar surface area (TPSA) is 77.2 Å². The Labute approximate surface area is 212 Å². The van der Waals surface area contributed by atoms with Crippen LogP contribution >= 0.6 is 22.9 Å². The van der Waals surface area contributed by atoms with E-state index in [9.17, 15) is 4.79 Å². The van der Waals surface area contributed by atoms with Crippen LogP contribution in [0.1, 0.15) is 15.2 Å². The van der Waals surface area contributed by atoms with E-state index in [2.05, 4.69) is 29.6 Å². The number of nitrogens with one attached hydrogen (secondary N) is 1. The Hall–Kier alpha value is -3.87. The number of nitrogen functional groups attached to an aromatic ring is 1. The van der Waals surface area contributed by atoms with Crippen LogP contribution < -0.4 is 15.8 Å². The van der Waals surface area contributed by atoms with Crippen LogP contribution in [-0.4, -0.2) is 18.0 Å². The molecule has 0 atom stereocenters. The molecule has 0 aliphatic carbocycles. The Morgan fingerprint density at radius 2 is 1.69 bits per heavy atom. The van der Waals surface area contributed by atoms with Crippen LogP contribution in [0.3, 0.4) is 0 Å². The van der Waals surface area contributed by atoms with Crippen LogP contribution in [-0.2, 0) is 0 Å². The van der Waals surface area contributed by atoms with Gasteiger partial charge in [0.25, 0.3) is 5.91 Å². The van der Waals surface area contributed by atoms with Crippen LogP contribution in [0.2, 0.25) is 5.02 Å². The molecular formula is C28H22ClN3O2S. The molecule has 0 aliphatic rings. The fourth-order valence-electron chi connectivity index (χ4n) is 3.90. The average molecular weight is 500 g/mol. The van der Waals surface area contributed by atoms with Crippen LogP contribution in [0.15, 0.2) is 78.9 Å². The number of carbonyl (C=O) groups is 1. The molecule has 0 saturated heterocycles. The molecule has 0 unspecified atom stereocenters. The fraction of sp³-hybridized carbons (Fsp3) is 0.0714. The number of pyridine rings is 1. The first-order valence-electron chi connectivity index (χ1n) is 10.9. The van der Waals surface area contributed by atoms with E-state index in [0.29, 0.717) is 26.1 Å². The third-order valence-corrected chi connectivity index (χ3v) is 7.20. The van der Waals surface area contributed by atoms with Gasteiger partial charge in [0.2, 0.25) is 0 Å². The Morgan fingerprint density at radius 1 is 1.00 bits per heavy atom. The summed E-state index contributed by atoms with van der Waals surface area (Å²) < 4.78 is 5.29. The monoisotopic (exact) mass is 499 g/mol. The van der Waals surface area contributed by atoms with Crippen molar-refractivity contribution in [1.29, 1.82) is 0 Å². The van der Waals surface area contributed by atoms with Gasteiger partial charge in [-0.2, -0.15) is 0 Å². The number of nitrogens with two attached hydrogens (primary N) is 1. The van der Waals surface area contributed by atoms with Gasteiger partial charge in [0.1, 0.15) is 15.5 Å². The van der Waals surface area contributed by atoms with Gasteiger partial charge in [0.05, 0.1) is 29.2 Å².